The zero-order valence-corrected chi connectivity index (χ0v) is 20.7. The van der Waals surface area contributed by atoms with Gasteiger partial charge in [-0.25, -0.2) is 14.5 Å². The molecule has 1 atom stereocenters. The number of benzene rings is 1. The Bertz CT molecular complexity index is 1430. The fourth-order valence-corrected chi connectivity index (χ4v) is 5.60. The van der Waals surface area contributed by atoms with E-state index >= 15 is 0 Å². The molecule has 1 N–H and O–H groups in total. The summed E-state index contributed by atoms with van der Waals surface area (Å²) < 4.78 is 13.2. The third kappa shape index (κ3) is 4.02. The first kappa shape index (κ1) is 22.7. The summed E-state index contributed by atoms with van der Waals surface area (Å²) in [6.45, 7) is 5.66. The largest absolute Gasteiger partial charge is 0.491 e. The van der Waals surface area contributed by atoms with Crippen LogP contribution in [0.4, 0.5) is 0 Å². The Morgan fingerprint density at radius 2 is 2.14 bits per heavy atom. The molecule has 1 saturated heterocycles. The number of amides is 1. The Hall–Kier alpha value is -3.76. The Morgan fingerprint density at radius 3 is 2.89 bits per heavy atom. The number of hydrogen-bond donors (Lipinski definition) is 1. The van der Waals surface area contributed by atoms with Crippen molar-refractivity contribution in [1.82, 2.24) is 29.8 Å². The normalized spacial score (nSPS) is 17.7. The molecule has 5 heterocycles. The molecule has 10 heteroatoms. The fourth-order valence-electron chi connectivity index (χ4n) is 4.93. The maximum Gasteiger partial charge on any atom is 0.245 e. The lowest BCUT2D eigenvalue weighted by Gasteiger charge is -2.33. The lowest BCUT2D eigenvalue weighted by atomic mass is 10.00. The number of likely N-dealkylation sites (tertiary alicyclic amines) is 1. The van der Waals surface area contributed by atoms with E-state index in [1.807, 2.05) is 16.3 Å². The minimum atomic E-state index is 0.00762. The Kier molecular flexibility index (Phi) is 5.90. The molecule has 4 aromatic rings. The van der Waals surface area contributed by atoms with E-state index in [0.717, 1.165) is 64.9 Å². The van der Waals surface area contributed by atoms with Crippen LogP contribution in [0.15, 0.2) is 54.6 Å². The molecule has 1 aromatic carbocycles. The first-order valence-corrected chi connectivity index (χ1v) is 12.8. The average Bonchev–Trinajstić information content (AvgIpc) is 3.66. The predicted octanol–water partition coefficient (Wildman–Crippen LogP) is 3.73. The van der Waals surface area contributed by atoms with Gasteiger partial charge in [-0.1, -0.05) is 18.7 Å². The number of hydrogen-bond acceptors (Lipinski definition) is 8. The van der Waals surface area contributed by atoms with E-state index in [1.54, 1.807) is 35.2 Å². The highest BCUT2D eigenvalue weighted by molar-refractivity contribution is 7.13. The van der Waals surface area contributed by atoms with Crippen molar-refractivity contribution in [3.05, 3.63) is 60.1 Å². The molecule has 2 aliphatic rings. The highest BCUT2D eigenvalue weighted by Crippen LogP contribution is 2.40. The van der Waals surface area contributed by atoms with Gasteiger partial charge in [-0.15, -0.1) is 16.4 Å². The van der Waals surface area contributed by atoms with Crippen LogP contribution in [0.3, 0.4) is 0 Å². The number of methoxy groups -OCH3 is 1. The predicted molar refractivity (Wildman–Crippen MR) is 137 cm³/mol. The quantitative estimate of drug-likeness (QED) is 0.402. The summed E-state index contributed by atoms with van der Waals surface area (Å²) in [6.07, 6.45) is 5.00. The summed E-state index contributed by atoms with van der Waals surface area (Å²) in [7, 11) is 1.60. The summed E-state index contributed by atoms with van der Waals surface area (Å²) in [5, 5.41) is 11.1. The summed E-state index contributed by atoms with van der Waals surface area (Å²) in [5.74, 6) is 1.38. The molecule has 6 rings (SSSR count). The van der Waals surface area contributed by atoms with E-state index in [9.17, 15) is 4.79 Å². The second-order valence-electron chi connectivity index (χ2n) is 8.88. The average molecular weight is 503 g/mol. The Labute approximate surface area is 212 Å². The number of piperidine rings is 1. The van der Waals surface area contributed by atoms with Crippen molar-refractivity contribution in [2.24, 2.45) is 0 Å². The first-order chi connectivity index (χ1) is 17.6. The summed E-state index contributed by atoms with van der Waals surface area (Å²) in [4.78, 5) is 23.1. The monoisotopic (exact) mass is 502 g/mol. The molecule has 3 aromatic heterocycles. The number of aromatic nitrogens is 4. The minimum Gasteiger partial charge on any atom is -0.491 e. The topological polar surface area (TPSA) is 93.9 Å². The van der Waals surface area contributed by atoms with Gasteiger partial charge in [-0.3, -0.25) is 4.79 Å². The van der Waals surface area contributed by atoms with E-state index in [2.05, 4.69) is 40.2 Å². The smallest absolute Gasteiger partial charge is 0.245 e. The maximum absolute atomic E-state index is 11.9. The van der Waals surface area contributed by atoms with Crippen LogP contribution >= 0.6 is 11.3 Å². The summed E-state index contributed by atoms with van der Waals surface area (Å²) in [6, 6.07) is 10.4. The standard InChI is InChI=1S/C26H26N6O3S/c1-3-23(33)31-11-8-17(9-12-31)28-19-15-35-20-14-16(4-5-18(19)20)24-25(26-27-10-13-36-26)32-21(29-24)6-7-22(30-32)34-2/h3-7,10,13-14,17,19,28H,1,8-9,11-12,15H2,2H3/t19-/m0/s1. The number of nitrogens with one attached hydrogen (secondary N) is 1. The molecular weight excluding hydrogens is 476 g/mol. The Morgan fingerprint density at radius 1 is 1.28 bits per heavy atom. The maximum atomic E-state index is 11.9. The van der Waals surface area contributed by atoms with Crippen molar-refractivity contribution in [2.45, 2.75) is 24.9 Å². The second-order valence-corrected chi connectivity index (χ2v) is 9.77. The van der Waals surface area contributed by atoms with E-state index in [0.29, 0.717) is 18.5 Å². The van der Waals surface area contributed by atoms with Crippen molar-refractivity contribution in [3.8, 4) is 33.6 Å². The first-order valence-electron chi connectivity index (χ1n) is 11.9. The van der Waals surface area contributed by atoms with Crippen LogP contribution in [0, 0.1) is 0 Å². The molecule has 0 radical (unpaired) electrons. The van der Waals surface area contributed by atoms with Crippen LogP contribution in [-0.2, 0) is 4.79 Å². The highest BCUT2D eigenvalue weighted by Gasteiger charge is 2.30. The number of rotatable bonds is 6. The molecule has 1 amide bonds. The highest BCUT2D eigenvalue weighted by atomic mass is 32.1. The molecular formula is C26H26N6O3S. The van der Waals surface area contributed by atoms with Crippen LogP contribution in [0.5, 0.6) is 11.6 Å². The lowest BCUT2D eigenvalue weighted by molar-refractivity contribution is -0.127. The number of carbonyl (C=O) groups is 1. The fraction of sp³-hybridized carbons (Fsp3) is 0.308. The molecule has 1 fully saturated rings. The molecule has 0 spiro atoms. The van der Waals surface area contributed by atoms with Crippen LogP contribution < -0.4 is 14.8 Å². The van der Waals surface area contributed by atoms with Crippen molar-refractivity contribution in [2.75, 3.05) is 26.8 Å². The molecule has 0 bridgehead atoms. The molecule has 0 saturated carbocycles. The van der Waals surface area contributed by atoms with Gasteiger partial charge in [0.25, 0.3) is 0 Å². The molecule has 9 nitrogen and oxygen atoms in total. The van der Waals surface area contributed by atoms with Crippen molar-refractivity contribution < 1.29 is 14.3 Å². The Balaban J connectivity index is 1.27. The van der Waals surface area contributed by atoms with Crippen molar-refractivity contribution in [3.63, 3.8) is 0 Å². The van der Waals surface area contributed by atoms with Gasteiger partial charge in [0.1, 0.15) is 28.8 Å². The van der Waals surface area contributed by atoms with Gasteiger partial charge in [0.15, 0.2) is 5.65 Å². The number of nitrogens with zero attached hydrogens (tertiary/aromatic N) is 5. The van der Waals surface area contributed by atoms with Crippen molar-refractivity contribution in [1.29, 1.82) is 0 Å². The van der Waals surface area contributed by atoms with Crippen LogP contribution in [0.1, 0.15) is 24.4 Å². The van der Waals surface area contributed by atoms with Gasteiger partial charge in [-0.05, 0) is 31.1 Å². The summed E-state index contributed by atoms with van der Waals surface area (Å²) >= 11 is 1.54. The van der Waals surface area contributed by atoms with Gasteiger partial charge in [-0.2, -0.15) is 0 Å². The zero-order valence-electron chi connectivity index (χ0n) is 19.9. The van der Waals surface area contributed by atoms with Gasteiger partial charge < -0.3 is 19.7 Å². The molecule has 0 unspecified atom stereocenters. The van der Waals surface area contributed by atoms with E-state index in [1.165, 1.54) is 6.08 Å². The number of carbonyl (C=O) groups excluding carboxylic acids is 1. The molecule has 36 heavy (non-hydrogen) atoms. The van der Waals surface area contributed by atoms with Gasteiger partial charge in [0.2, 0.25) is 11.8 Å². The van der Waals surface area contributed by atoms with Gasteiger partial charge in [0.05, 0.1) is 13.2 Å². The van der Waals surface area contributed by atoms with Gasteiger partial charge in [0, 0.05) is 47.9 Å². The van der Waals surface area contributed by atoms with E-state index in [-0.39, 0.29) is 11.9 Å². The van der Waals surface area contributed by atoms with E-state index in [4.69, 9.17) is 14.5 Å². The summed E-state index contributed by atoms with van der Waals surface area (Å²) in [5.41, 5.74) is 4.43. The van der Waals surface area contributed by atoms with Crippen LogP contribution in [-0.4, -0.2) is 63.2 Å². The van der Waals surface area contributed by atoms with Gasteiger partial charge >= 0.3 is 0 Å². The number of ether oxygens (including phenoxy) is 2. The molecule has 2 aliphatic heterocycles. The van der Waals surface area contributed by atoms with Crippen molar-refractivity contribution >= 4 is 22.9 Å². The third-order valence-corrected chi connectivity index (χ3v) is 7.56. The number of thiazole rings is 1. The number of imidazole rings is 1. The van der Waals surface area contributed by atoms with E-state index < -0.39 is 0 Å². The second kappa shape index (κ2) is 9.36. The third-order valence-electron chi connectivity index (χ3n) is 6.78. The molecule has 184 valence electrons. The zero-order chi connectivity index (χ0) is 24.6. The SMILES string of the molecule is C=CC(=O)N1CCC(N[C@H]2COc3cc(-c4nc5ccc(OC)nn5c4-c4nccs4)ccc32)CC1. The van der Waals surface area contributed by atoms with Crippen LogP contribution in [0.2, 0.25) is 0 Å². The van der Waals surface area contributed by atoms with Crippen LogP contribution in [0.25, 0.3) is 27.6 Å². The minimum absolute atomic E-state index is 0.00762. The lowest BCUT2D eigenvalue weighted by Crippen LogP contribution is -2.45. The molecule has 0 aliphatic carbocycles. The number of fused-ring (bicyclic) bond motifs is 2.